The number of anilines is 5. The first kappa shape index (κ1) is 15.7. The summed E-state index contributed by atoms with van der Waals surface area (Å²) < 4.78 is 0. The fraction of sp³-hybridized carbons (Fsp3) is 0.158. The molecule has 0 unspecified atom stereocenters. The number of fused-ring (bicyclic) bond motifs is 1. The van der Waals surface area contributed by atoms with Gasteiger partial charge in [0.1, 0.15) is 12.0 Å². The van der Waals surface area contributed by atoms with Crippen LogP contribution in [0.5, 0.6) is 0 Å². The lowest BCUT2D eigenvalue weighted by Gasteiger charge is -2.21. The number of benzene rings is 2. The van der Waals surface area contributed by atoms with Crippen molar-refractivity contribution in [1.82, 2.24) is 9.97 Å². The molecule has 3 N–H and O–H groups in total. The van der Waals surface area contributed by atoms with Gasteiger partial charge in [0.05, 0.1) is 0 Å². The average Bonchev–Trinajstić information content (AvgIpc) is 3.03. The quantitative estimate of drug-likeness (QED) is 0.729. The number of halogens is 1. The van der Waals surface area contributed by atoms with Crippen molar-refractivity contribution in [3.63, 3.8) is 0 Å². The summed E-state index contributed by atoms with van der Waals surface area (Å²) in [5, 5.41) is 4.00. The predicted molar refractivity (Wildman–Crippen MR) is 103 cm³/mol. The summed E-state index contributed by atoms with van der Waals surface area (Å²) >= 11 is 6.03. The Morgan fingerprint density at radius 2 is 2.00 bits per heavy atom. The van der Waals surface area contributed by atoms with Crippen LogP contribution < -0.4 is 16.0 Å². The number of nitrogen functional groups attached to an aromatic ring is 1. The highest BCUT2D eigenvalue weighted by molar-refractivity contribution is 6.30. The fourth-order valence-electron chi connectivity index (χ4n) is 3.15. The van der Waals surface area contributed by atoms with Crippen molar-refractivity contribution in [3.8, 4) is 0 Å². The van der Waals surface area contributed by atoms with Crippen LogP contribution in [0.3, 0.4) is 0 Å². The van der Waals surface area contributed by atoms with E-state index in [1.807, 2.05) is 31.2 Å². The molecule has 0 saturated heterocycles. The van der Waals surface area contributed by atoms with Gasteiger partial charge in [-0.2, -0.15) is 0 Å². The minimum atomic E-state index is 0.536. The summed E-state index contributed by atoms with van der Waals surface area (Å²) in [6, 6.07) is 14.0. The molecule has 25 heavy (non-hydrogen) atoms. The minimum absolute atomic E-state index is 0.536. The lowest BCUT2D eigenvalue weighted by Crippen LogP contribution is -2.17. The largest absolute Gasteiger partial charge is 0.393 e. The highest BCUT2D eigenvalue weighted by atomic mass is 35.5. The number of nitrogens with zero attached hydrogens (tertiary/aromatic N) is 3. The third-order valence-electron chi connectivity index (χ3n) is 4.45. The molecule has 2 heterocycles. The van der Waals surface area contributed by atoms with Crippen molar-refractivity contribution in [2.45, 2.75) is 13.3 Å². The van der Waals surface area contributed by atoms with Gasteiger partial charge in [0, 0.05) is 22.9 Å². The van der Waals surface area contributed by atoms with E-state index in [0.29, 0.717) is 16.5 Å². The van der Waals surface area contributed by atoms with E-state index in [4.69, 9.17) is 17.3 Å². The van der Waals surface area contributed by atoms with Gasteiger partial charge in [-0.1, -0.05) is 29.8 Å². The summed E-state index contributed by atoms with van der Waals surface area (Å²) in [6.07, 6.45) is 2.53. The summed E-state index contributed by atoms with van der Waals surface area (Å²) in [5.41, 5.74) is 11.3. The number of hydrogen-bond acceptors (Lipinski definition) is 5. The summed E-state index contributed by atoms with van der Waals surface area (Å²) in [6.45, 7) is 2.85. The molecule has 2 aromatic carbocycles. The van der Waals surface area contributed by atoms with Crippen LogP contribution in [0, 0.1) is 6.92 Å². The SMILES string of the molecule is Cc1cc(Cl)ccc1Nc1ncnc(N2CCc3ccccc32)c1N. The molecule has 4 rings (SSSR count). The molecule has 1 aliphatic heterocycles. The van der Waals surface area contributed by atoms with Crippen molar-refractivity contribution in [3.05, 3.63) is 64.9 Å². The molecule has 0 atom stereocenters. The van der Waals surface area contributed by atoms with Gasteiger partial charge in [-0.15, -0.1) is 0 Å². The van der Waals surface area contributed by atoms with Crippen LogP contribution in [0.1, 0.15) is 11.1 Å². The third kappa shape index (κ3) is 2.87. The maximum atomic E-state index is 6.39. The highest BCUT2D eigenvalue weighted by Gasteiger charge is 2.24. The first-order valence-corrected chi connectivity index (χ1v) is 8.50. The second-order valence-corrected chi connectivity index (χ2v) is 6.51. The molecule has 5 nitrogen and oxygen atoms in total. The van der Waals surface area contributed by atoms with E-state index < -0.39 is 0 Å². The number of aromatic nitrogens is 2. The monoisotopic (exact) mass is 351 g/mol. The van der Waals surface area contributed by atoms with Gasteiger partial charge in [-0.25, -0.2) is 9.97 Å². The van der Waals surface area contributed by atoms with E-state index in [-0.39, 0.29) is 0 Å². The molecule has 6 heteroatoms. The molecule has 1 aliphatic rings. The van der Waals surface area contributed by atoms with Crippen LogP contribution >= 0.6 is 11.6 Å². The smallest absolute Gasteiger partial charge is 0.161 e. The van der Waals surface area contributed by atoms with Gasteiger partial charge < -0.3 is 16.0 Å². The molecule has 0 radical (unpaired) electrons. The minimum Gasteiger partial charge on any atom is -0.393 e. The Hall–Kier alpha value is -2.79. The lowest BCUT2D eigenvalue weighted by molar-refractivity contribution is 0.967. The third-order valence-corrected chi connectivity index (χ3v) is 4.68. The molecule has 126 valence electrons. The molecular weight excluding hydrogens is 334 g/mol. The van der Waals surface area contributed by atoms with Gasteiger partial charge in [-0.3, -0.25) is 0 Å². The van der Waals surface area contributed by atoms with Crippen molar-refractivity contribution in [1.29, 1.82) is 0 Å². The molecule has 0 fully saturated rings. The standard InChI is InChI=1S/C19H18ClN5/c1-12-10-14(20)6-7-15(12)24-18-17(21)19(23-11-22-18)25-9-8-13-4-2-3-5-16(13)25/h2-7,10-11H,8-9,21H2,1H3,(H,22,23,24). The Bertz CT molecular complexity index is 941. The Morgan fingerprint density at radius 1 is 1.16 bits per heavy atom. The van der Waals surface area contributed by atoms with E-state index in [2.05, 4.69) is 38.4 Å². The van der Waals surface area contributed by atoms with E-state index in [0.717, 1.165) is 35.7 Å². The van der Waals surface area contributed by atoms with Gasteiger partial charge in [0.25, 0.3) is 0 Å². The average molecular weight is 352 g/mol. The molecular formula is C19H18ClN5. The number of para-hydroxylation sites is 1. The molecule has 0 bridgehead atoms. The highest BCUT2D eigenvalue weighted by Crippen LogP contribution is 2.38. The number of nitrogens with one attached hydrogen (secondary N) is 1. The van der Waals surface area contributed by atoms with Gasteiger partial charge in [0.2, 0.25) is 0 Å². The van der Waals surface area contributed by atoms with Crippen LogP contribution in [0.2, 0.25) is 5.02 Å². The Kier molecular flexibility index (Phi) is 3.93. The first-order valence-electron chi connectivity index (χ1n) is 8.12. The predicted octanol–water partition coefficient (Wildman–Crippen LogP) is 4.46. The maximum Gasteiger partial charge on any atom is 0.161 e. The molecule has 0 spiro atoms. The van der Waals surface area contributed by atoms with E-state index in [1.165, 1.54) is 5.56 Å². The van der Waals surface area contributed by atoms with Crippen LogP contribution in [0.25, 0.3) is 0 Å². The number of rotatable bonds is 3. The van der Waals surface area contributed by atoms with Crippen molar-refractivity contribution in [2.24, 2.45) is 0 Å². The lowest BCUT2D eigenvalue weighted by atomic mass is 10.2. The number of nitrogens with two attached hydrogens (primary N) is 1. The summed E-state index contributed by atoms with van der Waals surface area (Å²) in [7, 11) is 0. The Balaban J connectivity index is 1.70. The zero-order valence-corrected chi connectivity index (χ0v) is 14.6. The topological polar surface area (TPSA) is 67.1 Å². The molecule has 0 amide bonds. The van der Waals surface area contributed by atoms with Crippen LogP contribution in [-0.4, -0.2) is 16.5 Å². The van der Waals surface area contributed by atoms with E-state index in [1.54, 1.807) is 6.33 Å². The van der Waals surface area contributed by atoms with Gasteiger partial charge >= 0.3 is 0 Å². The number of hydrogen-bond donors (Lipinski definition) is 2. The van der Waals surface area contributed by atoms with Crippen molar-refractivity contribution in [2.75, 3.05) is 22.5 Å². The zero-order chi connectivity index (χ0) is 17.4. The van der Waals surface area contributed by atoms with Crippen molar-refractivity contribution >= 4 is 40.3 Å². The molecule has 0 saturated carbocycles. The fourth-order valence-corrected chi connectivity index (χ4v) is 3.38. The Labute approximate surface area is 151 Å². The van der Waals surface area contributed by atoms with Gasteiger partial charge in [-0.05, 0) is 48.7 Å². The Morgan fingerprint density at radius 3 is 2.84 bits per heavy atom. The second kappa shape index (κ2) is 6.26. The van der Waals surface area contributed by atoms with E-state index >= 15 is 0 Å². The summed E-state index contributed by atoms with van der Waals surface area (Å²) in [5.74, 6) is 1.33. The normalized spacial score (nSPS) is 13.0. The van der Waals surface area contributed by atoms with Crippen LogP contribution in [-0.2, 0) is 6.42 Å². The first-order chi connectivity index (χ1) is 12.1. The number of aryl methyl sites for hydroxylation is 1. The second-order valence-electron chi connectivity index (χ2n) is 6.07. The van der Waals surface area contributed by atoms with E-state index in [9.17, 15) is 0 Å². The van der Waals surface area contributed by atoms with Crippen molar-refractivity contribution < 1.29 is 0 Å². The van der Waals surface area contributed by atoms with Crippen LogP contribution in [0.4, 0.5) is 28.7 Å². The van der Waals surface area contributed by atoms with Crippen LogP contribution in [0.15, 0.2) is 48.8 Å². The maximum absolute atomic E-state index is 6.39. The zero-order valence-electron chi connectivity index (χ0n) is 13.8. The van der Waals surface area contributed by atoms with Gasteiger partial charge in [0.15, 0.2) is 11.6 Å². The molecule has 0 aliphatic carbocycles. The summed E-state index contributed by atoms with van der Waals surface area (Å²) in [4.78, 5) is 10.9. The molecule has 1 aromatic heterocycles. The molecule has 3 aromatic rings.